The maximum atomic E-state index is 12.4. The third kappa shape index (κ3) is 3.94. The Morgan fingerprint density at radius 3 is 2.43 bits per heavy atom. The van der Waals surface area contributed by atoms with Crippen LogP contribution < -0.4 is 15.2 Å². The highest BCUT2D eigenvalue weighted by Crippen LogP contribution is 2.27. The Bertz CT molecular complexity index is 686. The lowest BCUT2D eigenvalue weighted by Gasteiger charge is -2.18. The first-order chi connectivity index (χ1) is 11.1. The molecule has 0 aromatic heterocycles. The molecule has 5 nitrogen and oxygen atoms in total. The summed E-state index contributed by atoms with van der Waals surface area (Å²) in [6.45, 7) is 0.586. The van der Waals surface area contributed by atoms with E-state index in [1.54, 1.807) is 38.3 Å². The van der Waals surface area contributed by atoms with Crippen LogP contribution in [0.15, 0.2) is 42.5 Å². The topological polar surface area (TPSA) is 64.8 Å². The van der Waals surface area contributed by atoms with E-state index < -0.39 is 0 Å². The third-order valence-corrected chi connectivity index (χ3v) is 3.72. The van der Waals surface area contributed by atoms with Crippen molar-refractivity contribution in [2.75, 3.05) is 33.5 Å². The zero-order valence-corrected chi connectivity index (χ0v) is 13.7. The highest BCUT2D eigenvalue weighted by molar-refractivity contribution is 5.98. The van der Waals surface area contributed by atoms with Crippen molar-refractivity contribution in [3.05, 3.63) is 53.6 Å². The average molecular weight is 314 g/mol. The van der Waals surface area contributed by atoms with Gasteiger partial charge < -0.3 is 20.1 Å². The molecule has 2 aromatic carbocycles. The monoisotopic (exact) mass is 314 g/mol. The summed E-state index contributed by atoms with van der Waals surface area (Å²) in [5, 5.41) is 0. The van der Waals surface area contributed by atoms with Crippen LogP contribution in [0.4, 0.5) is 5.69 Å². The number of nitrogen functional groups attached to an aromatic ring is 1. The maximum Gasteiger partial charge on any atom is 0.255 e. The summed E-state index contributed by atoms with van der Waals surface area (Å²) in [6.07, 6.45) is 0.718. The van der Waals surface area contributed by atoms with Crippen molar-refractivity contribution < 1.29 is 14.3 Å². The smallest absolute Gasteiger partial charge is 0.255 e. The number of carbonyl (C=O) groups excluding carboxylic acids is 1. The lowest BCUT2D eigenvalue weighted by Crippen LogP contribution is -2.29. The van der Waals surface area contributed by atoms with Crippen molar-refractivity contribution in [1.82, 2.24) is 4.90 Å². The van der Waals surface area contributed by atoms with E-state index in [0.717, 1.165) is 12.0 Å². The van der Waals surface area contributed by atoms with Crippen LogP contribution in [0.3, 0.4) is 0 Å². The van der Waals surface area contributed by atoms with Gasteiger partial charge in [-0.15, -0.1) is 0 Å². The van der Waals surface area contributed by atoms with Gasteiger partial charge in [0.25, 0.3) is 5.91 Å². The number of hydrogen-bond acceptors (Lipinski definition) is 4. The van der Waals surface area contributed by atoms with E-state index >= 15 is 0 Å². The second-order valence-electron chi connectivity index (χ2n) is 5.25. The SMILES string of the molecule is COc1ccc(CCN(C)C(=O)c2ccccc2N)cc1OC. The number of rotatable bonds is 6. The van der Waals surface area contributed by atoms with Crippen molar-refractivity contribution in [2.24, 2.45) is 0 Å². The number of para-hydroxylation sites is 1. The fourth-order valence-corrected chi connectivity index (χ4v) is 2.33. The molecule has 2 aromatic rings. The number of methoxy groups -OCH3 is 2. The van der Waals surface area contributed by atoms with Gasteiger partial charge in [0.05, 0.1) is 19.8 Å². The number of anilines is 1. The van der Waals surface area contributed by atoms with E-state index in [1.807, 2.05) is 30.3 Å². The zero-order valence-electron chi connectivity index (χ0n) is 13.7. The highest BCUT2D eigenvalue weighted by Gasteiger charge is 2.14. The molecule has 122 valence electrons. The molecule has 2 rings (SSSR count). The minimum absolute atomic E-state index is 0.0800. The second-order valence-corrected chi connectivity index (χ2v) is 5.25. The standard InChI is InChI=1S/C18H22N2O3/c1-20(18(21)14-6-4-5-7-15(14)19)11-10-13-8-9-16(22-2)17(12-13)23-3/h4-9,12H,10-11,19H2,1-3H3. The van der Waals surface area contributed by atoms with Crippen molar-refractivity contribution in [2.45, 2.75) is 6.42 Å². The Kier molecular flexibility index (Phi) is 5.46. The Balaban J connectivity index is 2.03. The molecule has 23 heavy (non-hydrogen) atoms. The van der Waals surface area contributed by atoms with Crippen LogP contribution in [0.25, 0.3) is 0 Å². The fraction of sp³-hybridized carbons (Fsp3) is 0.278. The predicted molar refractivity (Wildman–Crippen MR) is 91.1 cm³/mol. The fourth-order valence-electron chi connectivity index (χ4n) is 2.33. The lowest BCUT2D eigenvalue weighted by molar-refractivity contribution is 0.0797. The minimum atomic E-state index is -0.0800. The van der Waals surface area contributed by atoms with Crippen molar-refractivity contribution >= 4 is 11.6 Å². The number of nitrogens with zero attached hydrogens (tertiary/aromatic N) is 1. The molecule has 0 unspecified atom stereocenters. The van der Waals surface area contributed by atoms with E-state index in [0.29, 0.717) is 29.3 Å². The lowest BCUT2D eigenvalue weighted by atomic mass is 10.1. The molecule has 0 atom stereocenters. The van der Waals surface area contributed by atoms with Crippen LogP contribution in [-0.4, -0.2) is 38.6 Å². The van der Waals surface area contributed by atoms with E-state index in [9.17, 15) is 4.79 Å². The van der Waals surface area contributed by atoms with E-state index in [4.69, 9.17) is 15.2 Å². The molecular weight excluding hydrogens is 292 g/mol. The van der Waals surface area contributed by atoms with Gasteiger partial charge >= 0.3 is 0 Å². The summed E-state index contributed by atoms with van der Waals surface area (Å²) in [4.78, 5) is 14.1. The molecule has 0 aliphatic heterocycles. The van der Waals surface area contributed by atoms with Gasteiger partial charge in [0, 0.05) is 19.3 Å². The van der Waals surface area contributed by atoms with Crippen LogP contribution in [0, 0.1) is 0 Å². The molecule has 0 saturated heterocycles. The molecule has 0 saturated carbocycles. The van der Waals surface area contributed by atoms with Gasteiger partial charge in [-0.1, -0.05) is 18.2 Å². The second kappa shape index (κ2) is 7.54. The molecule has 0 heterocycles. The first kappa shape index (κ1) is 16.7. The van der Waals surface area contributed by atoms with Gasteiger partial charge in [-0.05, 0) is 36.2 Å². The van der Waals surface area contributed by atoms with E-state index in [2.05, 4.69) is 0 Å². The minimum Gasteiger partial charge on any atom is -0.493 e. The van der Waals surface area contributed by atoms with Crippen LogP contribution >= 0.6 is 0 Å². The summed E-state index contributed by atoms with van der Waals surface area (Å²) < 4.78 is 10.5. The molecule has 1 amide bonds. The summed E-state index contributed by atoms with van der Waals surface area (Å²) in [5.41, 5.74) is 7.96. The summed E-state index contributed by atoms with van der Waals surface area (Å²) in [6, 6.07) is 12.9. The number of hydrogen-bond donors (Lipinski definition) is 1. The van der Waals surface area contributed by atoms with Gasteiger partial charge in [-0.2, -0.15) is 0 Å². The zero-order chi connectivity index (χ0) is 16.8. The van der Waals surface area contributed by atoms with Crippen molar-refractivity contribution in [3.8, 4) is 11.5 Å². The van der Waals surface area contributed by atoms with Gasteiger partial charge in [0.1, 0.15) is 0 Å². The molecule has 0 fully saturated rings. The molecule has 0 aliphatic carbocycles. The Morgan fingerprint density at radius 2 is 1.78 bits per heavy atom. The first-order valence-corrected chi connectivity index (χ1v) is 7.37. The molecule has 2 N–H and O–H groups in total. The first-order valence-electron chi connectivity index (χ1n) is 7.37. The number of likely N-dealkylation sites (N-methyl/N-ethyl adjacent to an activating group) is 1. The third-order valence-electron chi connectivity index (χ3n) is 3.72. The van der Waals surface area contributed by atoms with Crippen molar-refractivity contribution in [3.63, 3.8) is 0 Å². The van der Waals surface area contributed by atoms with Crippen LogP contribution in [0.5, 0.6) is 11.5 Å². The summed E-state index contributed by atoms with van der Waals surface area (Å²) in [5.74, 6) is 1.30. The molecule has 0 radical (unpaired) electrons. The highest BCUT2D eigenvalue weighted by atomic mass is 16.5. The molecule has 0 aliphatic rings. The molecule has 0 bridgehead atoms. The largest absolute Gasteiger partial charge is 0.493 e. The summed E-state index contributed by atoms with van der Waals surface area (Å²) >= 11 is 0. The van der Waals surface area contributed by atoms with Crippen LogP contribution in [0.1, 0.15) is 15.9 Å². The van der Waals surface area contributed by atoms with Gasteiger partial charge in [-0.25, -0.2) is 0 Å². The van der Waals surface area contributed by atoms with E-state index in [-0.39, 0.29) is 5.91 Å². The number of carbonyl (C=O) groups is 1. The van der Waals surface area contributed by atoms with Crippen LogP contribution in [-0.2, 0) is 6.42 Å². The number of ether oxygens (including phenoxy) is 2. The number of amides is 1. The Hall–Kier alpha value is -2.69. The molecule has 5 heteroatoms. The Morgan fingerprint density at radius 1 is 1.09 bits per heavy atom. The van der Waals surface area contributed by atoms with Gasteiger partial charge in [0.15, 0.2) is 11.5 Å². The number of nitrogens with two attached hydrogens (primary N) is 1. The van der Waals surface area contributed by atoms with E-state index in [1.165, 1.54) is 0 Å². The normalized spacial score (nSPS) is 10.2. The van der Waals surface area contributed by atoms with Gasteiger partial charge in [-0.3, -0.25) is 4.79 Å². The Labute approximate surface area is 136 Å². The van der Waals surface area contributed by atoms with Crippen molar-refractivity contribution in [1.29, 1.82) is 0 Å². The average Bonchev–Trinajstić information content (AvgIpc) is 2.59. The molecular formula is C18H22N2O3. The number of benzene rings is 2. The van der Waals surface area contributed by atoms with Gasteiger partial charge in [0.2, 0.25) is 0 Å². The molecule has 0 spiro atoms. The maximum absolute atomic E-state index is 12.4. The predicted octanol–water partition coefficient (Wildman–Crippen LogP) is 2.60. The summed E-state index contributed by atoms with van der Waals surface area (Å²) in [7, 11) is 4.99. The quantitative estimate of drug-likeness (QED) is 0.832. The van der Waals surface area contributed by atoms with Crippen LogP contribution in [0.2, 0.25) is 0 Å².